The Hall–Kier alpha value is -1.90. The molecule has 1 heterocycles. The summed E-state index contributed by atoms with van der Waals surface area (Å²) in [4.78, 5) is 22.9. The monoisotopic (exact) mass is 288 g/mol. The van der Waals surface area contributed by atoms with Gasteiger partial charge in [-0.3, -0.25) is 0 Å². The van der Waals surface area contributed by atoms with E-state index < -0.39 is 24.3 Å². The molecule has 0 aliphatic rings. The van der Waals surface area contributed by atoms with Gasteiger partial charge in [0.2, 0.25) is 5.76 Å². The first-order chi connectivity index (χ1) is 9.56. The molecule has 4 N–H and O–H groups in total. The first-order valence-corrected chi connectivity index (χ1v) is 5.94. The highest BCUT2D eigenvalue weighted by atomic mass is 16.6. The third-order valence-electron chi connectivity index (χ3n) is 2.52. The van der Waals surface area contributed by atoms with Gasteiger partial charge in [0.05, 0.1) is 13.2 Å². The van der Waals surface area contributed by atoms with Crippen molar-refractivity contribution >= 4 is 11.9 Å². The molecule has 0 saturated heterocycles. The highest BCUT2D eigenvalue weighted by Gasteiger charge is 2.29. The molecular weight excluding hydrogens is 272 g/mol. The van der Waals surface area contributed by atoms with E-state index >= 15 is 0 Å². The minimum Gasteiger partial charge on any atom is -0.478 e. The fourth-order valence-corrected chi connectivity index (χ4v) is 1.77. The van der Waals surface area contributed by atoms with Crippen LogP contribution in [0.15, 0.2) is 4.42 Å². The van der Waals surface area contributed by atoms with E-state index in [1.807, 2.05) is 0 Å². The molecule has 1 aromatic heterocycles. The molecule has 0 amide bonds. The topological polar surface area (TPSA) is 137 Å². The van der Waals surface area contributed by atoms with E-state index in [9.17, 15) is 9.59 Å². The number of carboxylic acids is 1. The normalized spacial score (nSPS) is 10.6. The molecule has 1 rings (SSSR count). The molecule has 0 unspecified atom stereocenters. The minimum absolute atomic E-state index is 0.0168. The first-order valence-electron chi connectivity index (χ1n) is 5.94. The highest BCUT2D eigenvalue weighted by Crippen LogP contribution is 2.25. The first kappa shape index (κ1) is 16.2. The van der Waals surface area contributed by atoms with E-state index in [4.69, 9.17) is 24.8 Å². The van der Waals surface area contributed by atoms with Crippen LogP contribution in [0.4, 0.5) is 0 Å². The fourth-order valence-electron chi connectivity index (χ4n) is 1.77. The van der Waals surface area contributed by atoms with Gasteiger partial charge in [-0.1, -0.05) is 0 Å². The van der Waals surface area contributed by atoms with Gasteiger partial charge in [-0.05, 0) is 6.42 Å². The third-order valence-corrected chi connectivity index (χ3v) is 2.52. The Kier molecular flexibility index (Phi) is 6.16. The molecule has 0 saturated carbocycles. The molecule has 0 atom stereocenters. The Bertz CT molecular complexity index is 476. The van der Waals surface area contributed by atoms with E-state index in [0.29, 0.717) is 0 Å². The molecule has 8 nitrogen and oxygen atoms in total. The van der Waals surface area contributed by atoms with Gasteiger partial charge in [-0.15, -0.1) is 0 Å². The Balaban J connectivity index is 3.24. The summed E-state index contributed by atoms with van der Waals surface area (Å²) >= 11 is 0. The van der Waals surface area contributed by atoms with Crippen LogP contribution in [0.1, 0.15) is 32.2 Å². The molecule has 112 valence electrons. The number of carbonyl (C=O) groups excluding carboxylic acids is 1. The minimum atomic E-state index is -1.39. The van der Waals surface area contributed by atoms with Crippen LogP contribution in [-0.4, -0.2) is 58.8 Å². The van der Waals surface area contributed by atoms with Gasteiger partial charge < -0.3 is 29.6 Å². The zero-order valence-electron chi connectivity index (χ0n) is 10.7. The number of esters is 1. The molecular formula is C12H16O8. The van der Waals surface area contributed by atoms with Crippen LogP contribution >= 0.6 is 0 Å². The van der Waals surface area contributed by atoms with Crippen LogP contribution in [0.5, 0.6) is 0 Å². The fraction of sp³-hybridized carbons (Fsp3) is 0.500. The molecule has 0 aliphatic heterocycles. The van der Waals surface area contributed by atoms with Crippen molar-refractivity contribution in [3.8, 4) is 0 Å². The van der Waals surface area contributed by atoms with Gasteiger partial charge in [0.1, 0.15) is 17.9 Å². The molecule has 20 heavy (non-hydrogen) atoms. The number of furan rings is 1. The van der Waals surface area contributed by atoms with Crippen molar-refractivity contribution < 1.29 is 39.2 Å². The quantitative estimate of drug-likeness (QED) is 0.456. The number of aromatic carboxylic acids is 1. The second-order valence-corrected chi connectivity index (χ2v) is 3.82. The molecule has 0 aliphatic carbocycles. The van der Waals surface area contributed by atoms with Crippen LogP contribution in [0.25, 0.3) is 0 Å². The third kappa shape index (κ3) is 3.56. The van der Waals surface area contributed by atoms with Gasteiger partial charge in [-0.25, -0.2) is 9.59 Å². The van der Waals surface area contributed by atoms with E-state index in [-0.39, 0.29) is 49.5 Å². The van der Waals surface area contributed by atoms with E-state index in [0.717, 1.165) is 0 Å². The molecule has 0 fully saturated rings. The summed E-state index contributed by atoms with van der Waals surface area (Å²) in [7, 11) is 0. The van der Waals surface area contributed by atoms with Crippen molar-refractivity contribution in [3.63, 3.8) is 0 Å². The number of carboxylic acid groups (broad SMARTS) is 1. The lowest BCUT2D eigenvalue weighted by atomic mass is 10.0. The summed E-state index contributed by atoms with van der Waals surface area (Å²) in [6, 6.07) is 0. The molecule has 0 bridgehead atoms. The van der Waals surface area contributed by atoms with Gasteiger partial charge in [0.15, 0.2) is 0 Å². The zero-order chi connectivity index (χ0) is 15.1. The maximum atomic E-state index is 11.7. The van der Waals surface area contributed by atoms with Crippen molar-refractivity contribution in [2.75, 3.05) is 26.4 Å². The van der Waals surface area contributed by atoms with E-state index in [1.165, 1.54) is 0 Å². The summed E-state index contributed by atoms with van der Waals surface area (Å²) in [5.41, 5.74) is -0.226. The second kappa shape index (κ2) is 7.63. The van der Waals surface area contributed by atoms with Gasteiger partial charge in [-0.2, -0.15) is 0 Å². The lowest BCUT2D eigenvalue weighted by Crippen LogP contribution is -2.13. The molecule has 0 aromatic carbocycles. The van der Waals surface area contributed by atoms with Gasteiger partial charge in [0.25, 0.3) is 0 Å². The summed E-state index contributed by atoms with van der Waals surface area (Å²) in [5.74, 6) is -2.79. The average molecular weight is 288 g/mol. The van der Waals surface area contributed by atoms with Gasteiger partial charge >= 0.3 is 11.9 Å². The number of rotatable bonds is 8. The van der Waals surface area contributed by atoms with Crippen molar-refractivity contribution in [3.05, 3.63) is 22.6 Å². The number of ether oxygens (including phenoxy) is 1. The molecule has 0 spiro atoms. The standard InChI is InChI=1S/C12H16O8/c13-3-1-7-8(2-4-14)20-10(9(7)11(16)17)12(18)19-6-5-15/h13-15H,1-6H2,(H,16,17). The summed E-state index contributed by atoms with van der Waals surface area (Å²) < 4.78 is 9.77. The Labute approximate surface area is 114 Å². The van der Waals surface area contributed by atoms with Crippen LogP contribution < -0.4 is 0 Å². The molecule has 1 aromatic rings. The Morgan fingerprint density at radius 3 is 2.20 bits per heavy atom. The van der Waals surface area contributed by atoms with Crippen LogP contribution in [-0.2, 0) is 17.6 Å². The molecule has 0 radical (unpaired) electrons. The number of hydrogen-bond donors (Lipinski definition) is 4. The van der Waals surface area contributed by atoms with Crippen molar-refractivity contribution in [2.24, 2.45) is 0 Å². The Morgan fingerprint density at radius 1 is 1.05 bits per heavy atom. The lowest BCUT2D eigenvalue weighted by molar-refractivity contribution is 0.0388. The summed E-state index contributed by atoms with van der Waals surface area (Å²) in [5, 5.41) is 35.6. The SMILES string of the molecule is O=C(OCCO)c1oc(CCO)c(CCO)c1C(=O)O. The van der Waals surface area contributed by atoms with Crippen LogP contribution in [0, 0.1) is 0 Å². The van der Waals surface area contributed by atoms with E-state index in [1.54, 1.807) is 0 Å². The average Bonchev–Trinajstić information content (AvgIpc) is 2.76. The smallest absolute Gasteiger partial charge is 0.375 e. The predicted octanol–water partition coefficient (Wildman–Crippen LogP) is -0.803. The zero-order valence-corrected chi connectivity index (χ0v) is 10.7. The summed E-state index contributed by atoms with van der Waals surface area (Å²) in [6.07, 6.45) is -0.00333. The summed E-state index contributed by atoms with van der Waals surface area (Å²) in [6.45, 7) is -1.31. The second-order valence-electron chi connectivity index (χ2n) is 3.82. The number of aliphatic hydroxyl groups excluding tert-OH is 3. The van der Waals surface area contributed by atoms with Crippen molar-refractivity contribution in [1.29, 1.82) is 0 Å². The number of aliphatic hydroxyl groups is 3. The largest absolute Gasteiger partial charge is 0.478 e. The van der Waals surface area contributed by atoms with Crippen molar-refractivity contribution in [1.82, 2.24) is 0 Å². The highest BCUT2D eigenvalue weighted by molar-refractivity contribution is 6.02. The van der Waals surface area contributed by atoms with Crippen LogP contribution in [0.2, 0.25) is 0 Å². The number of carbonyl (C=O) groups is 2. The number of hydrogen-bond acceptors (Lipinski definition) is 7. The van der Waals surface area contributed by atoms with Crippen molar-refractivity contribution in [2.45, 2.75) is 12.8 Å². The van der Waals surface area contributed by atoms with E-state index in [2.05, 4.69) is 4.74 Å². The van der Waals surface area contributed by atoms with Gasteiger partial charge in [0, 0.05) is 18.6 Å². The predicted molar refractivity (Wildman–Crippen MR) is 64.6 cm³/mol. The Morgan fingerprint density at radius 2 is 1.70 bits per heavy atom. The maximum Gasteiger partial charge on any atom is 0.375 e. The van der Waals surface area contributed by atoms with Crippen LogP contribution in [0.3, 0.4) is 0 Å². The molecule has 8 heteroatoms. The lowest BCUT2D eigenvalue weighted by Gasteiger charge is -2.01. The maximum absolute atomic E-state index is 11.7.